The lowest BCUT2D eigenvalue weighted by molar-refractivity contribution is -0.139. The first-order chi connectivity index (χ1) is 13.2. The predicted molar refractivity (Wildman–Crippen MR) is 105 cm³/mol. The smallest absolute Gasteiger partial charge is 0.322 e. The van der Waals surface area contributed by atoms with Gasteiger partial charge in [0.2, 0.25) is 11.8 Å². The Labute approximate surface area is 171 Å². The molecule has 0 saturated carbocycles. The van der Waals surface area contributed by atoms with E-state index in [0.29, 0.717) is 10.8 Å². The van der Waals surface area contributed by atoms with Gasteiger partial charge in [-0.1, -0.05) is 23.7 Å². The third-order valence-corrected chi connectivity index (χ3v) is 4.89. The molecule has 0 heterocycles. The van der Waals surface area contributed by atoms with Gasteiger partial charge in [-0.2, -0.15) is 11.8 Å². The van der Waals surface area contributed by atoms with Gasteiger partial charge in [0.05, 0.1) is 0 Å². The number of amides is 2. The number of aliphatic carboxylic acids is 2. The van der Waals surface area contributed by atoms with Crippen LogP contribution >= 0.6 is 23.4 Å². The van der Waals surface area contributed by atoms with Crippen molar-refractivity contribution in [3.63, 3.8) is 0 Å². The van der Waals surface area contributed by atoms with Crippen LogP contribution in [0.3, 0.4) is 0 Å². The number of halogens is 1. The number of hydrogen-bond acceptors (Lipinski definition) is 6. The van der Waals surface area contributed by atoms with Gasteiger partial charge in [0.1, 0.15) is 18.6 Å². The van der Waals surface area contributed by atoms with Crippen molar-refractivity contribution >= 4 is 47.1 Å². The topological polar surface area (TPSA) is 159 Å². The molecule has 9 nitrogen and oxygen atoms in total. The number of nitrogens with two attached hydrogens (primary N) is 1. The lowest BCUT2D eigenvalue weighted by atomic mass is 10.1. The second-order valence-electron chi connectivity index (χ2n) is 5.86. The molecule has 0 saturated heterocycles. The van der Waals surface area contributed by atoms with Crippen molar-refractivity contribution in [2.24, 2.45) is 5.73 Å². The molecule has 154 valence electrons. The maximum absolute atomic E-state index is 12.2. The van der Waals surface area contributed by atoms with E-state index in [1.165, 1.54) is 11.8 Å². The van der Waals surface area contributed by atoms with Crippen LogP contribution in [0, 0.1) is 0 Å². The van der Waals surface area contributed by atoms with Crippen LogP contribution < -0.4 is 16.4 Å². The summed E-state index contributed by atoms with van der Waals surface area (Å²) in [6.07, 6.45) is -0.249. The Bertz CT molecular complexity index is 701. The minimum absolute atomic E-state index is 0.0808. The van der Waals surface area contributed by atoms with Gasteiger partial charge < -0.3 is 26.6 Å². The highest BCUT2D eigenvalue weighted by Gasteiger charge is 2.22. The molecule has 0 spiro atoms. The fourth-order valence-corrected chi connectivity index (χ4v) is 3.16. The Morgan fingerprint density at radius 2 is 1.79 bits per heavy atom. The van der Waals surface area contributed by atoms with Crippen molar-refractivity contribution in [2.45, 2.75) is 30.7 Å². The number of thioether (sulfide) groups is 1. The zero-order valence-electron chi connectivity index (χ0n) is 14.9. The monoisotopic (exact) mass is 431 g/mol. The van der Waals surface area contributed by atoms with Gasteiger partial charge in [0, 0.05) is 22.9 Å². The van der Waals surface area contributed by atoms with Crippen molar-refractivity contribution < 1.29 is 29.4 Å². The number of hydrogen-bond donors (Lipinski definition) is 5. The zero-order chi connectivity index (χ0) is 21.1. The third-order valence-electron chi connectivity index (χ3n) is 3.53. The van der Waals surface area contributed by atoms with Crippen LogP contribution in [0.25, 0.3) is 0 Å². The summed E-state index contributed by atoms with van der Waals surface area (Å²) in [7, 11) is 0. The maximum Gasteiger partial charge on any atom is 0.322 e. The summed E-state index contributed by atoms with van der Waals surface area (Å²) in [5, 5.41) is 22.7. The van der Waals surface area contributed by atoms with E-state index >= 15 is 0 Å². The number of rotatable bonds is 12. The first-order valence-corrected chi connectivity index (χ1v) is 9.81. The molecule has 1 rings (SSSR count). The Balaban J connectivity index is 2.60. The lowest BCUT2D eigenvalue weighted by Crippen LogP contribution is -2.49. The summed E-state index contributed by atoms with van der Waals surface area (Å²) in [6.45, 7) is -0.572. The van der Waals surface area contributed by atoms with Gasteiger partial charge in [-0.3, -0.25) is 19.2 Å². The van der Waals surface area contributed by atoms with Gasteiger partial charge in [0.15, 0.2) is 0 Å². The van der Waals surface area contributed by atoms with Crippen LogP contribution in [0.4, 0.5) is 0 Å². The van der Waals surface area contributed by atoms with Gasteiger partial charge in [-0.25, -0.2) is 0 Å². The quantitative estimate of drug-likeness (QED) is 0.319. The number of carboxylic acids is 2. The molecule has 11 heteroatoms. The van der Waals surface area contributed by atoms with E-state index in [1.54, 1.807) is 12.1 Å². The first-order valence-electron chi connectivity index (χ1n) is 8.28. The van der Waals surface area contributed by atoms with Crippen LogP contribution in [-0.4, -0.2) is 58.3 Å². The molecule has 6 N–H and O–H groups in total. The number of carbonyl (C=O) groups is 4. The van der Waals surface area contributed by atoms with Crippen LogP contribution in [0.15, 0.2) is 24.3 Å². The highest BCUT2D eigenvalue weighted by atomic mass is 35.5. The Morgan fingerprint density at radius 3 is 2.36 bits per heavy atom. The average Bonchev–Trinajstić information content (AvgIpc) is 2.64. The Morgan fingerprint density at radius 1 is 1.14 bits per heavy atom. The van der Waals surface area contributed by atoms with Crippen molar-refractivity contribution in [3.8, 4) is 0 Å². The van der Waals surface area contributed by atoms with E-state index in [1.807, 2.05) is 12.1 Å². The minimum atomic E-state index is -1.22. The lowest BCUT2D eigenvalue weighted by Gasteiger charge is -2.18. The van der Waals surface area contributed by atoms with Crippen LogP contribution in [-0.2, 0) is 24.9 Å². The molecular formula is C17H22ClN3O6S. The van der Waals surface area contributed by atoms with Crippen molar-refractivity contribution in [1.29, 1.82) is 0 Å². The second-order valence-corrected chi connectivity index (χ2v) is 7.32. The molecule has 2 atom stereocenters. The van der Waals surface area contributed by atoms with Gasteiger partial charge >= 0.3 is 11.9 Å². The highest BCUT2D eigenvalue weighted by molar-refractivity contribution is 7.98. The molecule has 0 fully saturated rings. The molecule has 0 aliphatic heterocycles. The van der Waals surface area contributed by atoms with Gasteiger partial charge in [0.25, 0.3) is 0 Å². The third kappa shape index (κ3) is 9.58. The molecule has 1 aromatic carbocycles. The summed E-state index contributed by atoms with van der Waals surface area (Å²) in [6, 6.07) is 5.00. The van der Waals surface area contributed by atoms with Crippen LogP contribution in [0.1, 0.15) is 18.4 Å². The van der Waals surface area contributed by atoms with Gasteiger partial charge in [-0.05, 0) is 24.1 Å². The Kier molecular flexibility index (Phi) is 10.4. The number of nitrogens with one attached hydrogen (secondary N) is 2. The van der Waals surface area contributed by atoms with E-state index in [-0.39, 0.29) is 18.6 Å². The fourth-order valence-electron chi connectivity index (χ4n) is 2.02. The molecule has 0 aliphatic carbocycles. The second kappa shape index (κ2) is 12.2. The average molecular weight is 432 g/mol. The molecule has 1 aromatic rings. The number of carbonyl (C=O) groups excluding carboxylic acids is 2. The largest absolute Gasteiger partial charge is 0.480 e. The standard InChI is InChI=1S/C17H22ClN3O6S/c18-11-3-1-10(2-4-11)8-28-9-13(16(25)20-7-15(23)24)21-14(22)6-5-12(19)17(26)27/h1-4,12-13H,5-9,19H2,(H,20,25)(H,21,22)(H,23,24)(H,26,27)/t12-,13-/m0/s1. The van der Waals surface area contributed by atoms with Crippen molar-refractivity contribution in [2.75, 3.05) is 12.3 Å². The van der Waals surface area contributed by atoms with E-state index in [2.05, 4.69) is 10.6 Å². The van der Waals surface area contributed by atoms with Crippen LogP contribution in [0.2, 0.25) is 5.02 Å². The predicted octanol–water partition coefficient (Wildman–Crippen LogP) is 0.451. The molecular weight excluding hydrogens is 410 g/mol. The normalized spacial score (nSPS) is 12.6. The summed E-state index contributed by atoms with van der Waals surface area (Å²) in [5.41, 5.74) is 6.32. The number of benzene rings is 1. The SMILES string of the molecule is N[C@@H](CCC(=O)N[C@@H](CSCc1ccc(Cl)cc1)C(=O)NCC(=O)O)C(=O)O. The molecule has 0 bridgehead atoms. The van der Waals surface area contributed by atoms with Crippen molar-refractivity contribution in [1.82, 2.24) is 10.6 Å². The van der Waals surface area contributed by atoms with Gasteiger partial charge in [-0.15, -0.1) is 0 Å². The van der Waals surface area contributed by atoms with E-state index in [0.717, 1.165) is 5.56 Å². The molecule has 0 radical (unpaired) electrons. The molecule has 0 aromatic heterocycles. The zero-order valence-corrected chi connectivity index (χ0v) is 16.5. The first kappa shape index (κ1) is 23.7. The maximum atomic E-state index is 12.2. The Hall–Kier alpha value is -2.30. The molecule has 0 unspecified atom stereocenters. The van der Waals surface area contributed by atoms with E-state index < -0.39 is 42.4 Å². The molecule has 28 heavy (non-hydrogen) atoms. The number of carboxylic acid groups (broad SMARTS) is 2. The van der Waals surface area contributed by atoms with Crippen LogP contribution in [0.5, 0.6) is 0 Å². The molecule has 2 amide bonds. The van der Waals surface area contributed by atoms with E-state index in [4.69, 9.17) is 27.5 Å². The summed E-state index contributed by atoms with van der Waals surface area (Å²) in [4.78, 5) is 45.5. The van der Waals surface area contributed by atoms with Crippen molar-refractivity contribution in [3.05, 3.63) is 34.9 Å². The fraction of sp³-hybridized carbons (Fsp3) is 0.412. The molecule has 0 aliphatic rings. The summed E-state index contributed by atoms with van der Waals surface area (Å²) in [5.74, 6) is -2.85. The minimum Gasteiger partial charge on any atom is -0.480 e. The summed E-state index contributed by atoms with van der Waals surface area (Å²) < 4.78 is 0. The van der Waals surface area contributed by atoms with E-state index in [9.17, 15) is 19.2 Å². The summed E-state index contributed by atoms with van der Waals surface area (Å²) >= 11 is 7.20. The highest BCUT2D eigenvalue weighted by Crippen LogP contribution is 2.16.